The van der Waals surface area contributed by atoms with Crippen molar-refractivity contribution in [1.29, 1.82) is 0 Å². The van der Waals surface area contributed by atoms with E-state index in [-0.39, 0.29) is 18.8 Å². The van der Waals surface area contributed by atoms with E-state index in [1.165, 1.54) is 0 Å². The second-order valence-electron chi connectivity index (χ2n) is 5.49. The van der Waals surface area contributed by atoms with Gasteiger partial charge in [-0.1, -0.05) is 24.3 Å². The van der Waals surface area contributed by atoms with E-state index in [1.807, 2.05) is 17.5 Å². The van der Waals surface area contributed by atoms with Crippen LogP contribution in [0.3, 0.4) is 0 Å². The second-order valence-corrected chi connectivity index (χ2v) is 6.53. The Hall–Kier alpha value is -2.55. The van der Waals surface area contributed by atoms with Crippen LogP contribution >= 0.6 is 11.3 Å². The molecule has 25 heavy (non-hydrogen) atoms. The fourth-order valence-corrected chi connectivity index (χ4v) is 3.12. The van der Waals surface area contributed by atoms with Crippen molar-refractivity contribution in [2.75, 3.05) is 6.61 Å². The Kier molecular flexibility index (Phi) is 5.22. The molecule has 2 aromatic heterocycles. The molecule has 1 aromatic carbocycles. The summed E-state index contributed by atoms with van der Waals surface area (Å²) in [5, 5.41) is 16.8. The van der Waals surface area contributed by atoms with Crippen LogP contribution in [0.15, 0.2) is 46.6 Å². The van der Waals surface area contributed by atoms with Crippen molar-refractivity contribution in [3.8, 4) is 0 Å². The van der Waals surface area contributed by atoms with Crippen molar-refractivity contribution >= 4 is 28.0 Å². The smallest absolute Gasteiger partial charge is 0.274 e. The zero-order valence-electron chi connectivity index (χ0n) is 13.3. The van der Waals surface area contributed by atoms with Crippen LogP contribution < -0.4 is 11.3 Å². The van der Waals surface area contributed by atoms with Gasteiger partial charge in [-0.05, 0) is 17.5 Å². The van der Waals surface area contributed by atoms with Crippen LogP contribution in [0.1, 0.15) is 15.4 Å². The highest BCUT2D eigenvalue weighted by Crippen LogP contribution is 2.13. The van der Waals surface area contributed by atoms with E-state index in [1.54, 1.807) is 35.6 Å². The molecule has 3 aromatic rings. The van der Waals surface area contributed by atoms with Gasteiger partial charge < -0.3 is 15.6 Å². The van der Waals surface area contributed by atoms with E-state index in [2.05, 4.69) is 5.10 Å². The third kappa shape index (κ3) is 3.93. The van der Waals surface area contributed by atoms with Gasteiger partial charge in [0, 0.05) is 10.3 Å². The van der Waals surface area contributed by atoms with E-state index < -0.39 is 17.6 Å². The highest BCUT2D eigenvalue weighted by Gasteiger charge is 2.16. The summed E-state index contributed by atoms with van der Waals surface area (Å²) in [6, 6.07) is 10.5. The lowest BCUT2D eigenvalue weighted by atomic mass is 10.1. The van der Waals surface area contributed by atoms with E-state index in [0.717, 1.165) is 9.56 Å². The van der Waals surface area contributed by atoms with E-state index in [0.29, 0.717) is 17.4 Å². The quantitative estimate of drug-likeness (QED) is 0.658. The number of nitrogens with two attached hydrogens (primary N) is 1. The van der Waals surface area contributed by atoms with Crippen LogP contribution in [0.4, 0.5) is 0 Å². The van der Waals surface area contributed by atoms with Crippen molar-refractivity contribution < 1.29 is 14.6 Å². The van der Waals surface area contributed by atoms with Crippen LogP contribution in [0.2, 0.25) is 0 Å². The maximum atomic E-state index is 12.5. The summed E-state index contributed by atoms with van der Waals surface area (Å²) >= 11 is 1.56. The minimum atomic E-state index is -0.938. The lowest BCUT2D eigenvalue weighted by Gasteiger charge is -2.14. The Bertz CT molecular complexity index is 937. The molecule has 0 bridgehead atoms. The summed E-state index contributed by atoms with van der Waals surface area (Å²) in [6.07, 6.45) is -0.938. The van der Waals surface area contributed by atoms with Gasteiger partial charge >= 0.3 is 0 Å². The number of amides is 1. The molecule has 130 valence electrons. The number of aromatic nitrogens is 2. The Morgan fingerprint density at radius 1 is 1.28 bits per heavy atom. The molecule has 0 fully saturated rings. The van der Waals surface area contributed by atoms with Gasteiger partial charge in [0.05, 0.1) is 31.2 Å². The molecule has 1 atom stereocenters. The summed E-state index contributed by atoms with van der Waals surface area (Å²) in [4.78, 5) is 25.2. The number of ether oxygens (including phenoxy) is 1. The average molecular weight is 359 g/mol. The molecule has 0 aliphatic heterocycles. The molecule has 7 nitrogen and oxygen atoms in total. The fraction of sp³-hybridized carbons (Fsp3) is 0.235. The predicted octanol–water partition coefficient (Wildman–Crippen LogP) is 1.13. The molecule has 0 radical (unpaired) electrons. The van der Waals surface area contributed by atoms with Crippen molar-refractivity contribution in [1.82, 2.24) is 9.78 Å². The number of fused-ring (bicyclic) bond motifs is 1. The van der Waals surface area contributed by atoms with Crippen molar-refractivity contribution in [3.63, 3.8) is 0 Å². The molecule has 8 heteroatoms. The number of aliphatic hydroxyl groups is 1. The highest BCUT2D eigenvalue weighted by molar-refractivity contribution is 7.09. The van der Waals surface area contributed by atoms with Crippen LogP contribution in [0, 0.1) is 0 Å². The molecular formula is C17H17N3O4S. The van der Waals surface area contributed by atoms with Gasteiger partial charge in [-0.3, -0.25) is 9.59 Å². The van der Waals surface area contributed by atoms with Gasteiger partial charge in [0.1, 0.15) is 0 Å². The van der Waals surface area contributed by atoms with Crippen molar-refractivity contribution in [2.45, 2.75) is 19.3 Å². The number of primary amides is 1. The number of thiophene rings is 1. The average Bonchev–Trinajstić information content (AvgIpc) is 3.10. The maximum Gasteiger partial charge on any atom is 0.274 e. The van der Waals surface area contributed by atoms with Crippen LogP contribution in [0.25, 0.3) is 10.8 Å². The van der Waals surface area contributed by atoms with Crippen LogP contribution in [0.5, 0.6) is 0 Å². The first kappa shape index (κ1) is 17.3. The van der Waals surface area contributed by atoms with Gasteiger partial charge in [-0.2, -0.15) is 5.10 Å². The maximum absolute atomic E-state index is 12.5. The van der Waals surface area contributed by atoms with Gasteiger partial charge in [-0.15, -0.1) is 11.3 Å². The highest BCUT2D eigenvalue weighted by atomic mass is 32.1. The van der Waals surface area contributed by atoms with E-state index >= 15 is 0 Å². The predicted molar refractivity (Wildman–Crippen MR) is 94.5 cm³/mol. The summed E-state index contributed by atoms with van der Waals surface area (Å²) in [5.74, 6) is -0.728. The van der Waals surface area contributed by atoms with Gasteiger partial charge in [-0.25, -0.2) is 4.68 Å². The number of benzene rings is 1. The minimum absolute atomic E-state index is 0.00176. The monoisotopic (exact) mass is 359 g/mol. The number of nitrogens with zero attached hydrogens (tertiary/aromatic N) is 2. The lowest BCUT2D eigenvalue weighted by Crippen LogP contribution is -2.33. The molecule has 1 unspecified atom stereocenters. The fourth-order valence-electron chi connectivity index (χ4n) is 2.48. The second kappa shape index (κ2) is 7.56. The first-order valence-electron chi connectivity index (χ1n) is 7.64. The van der Waals surface area contributed by atoms with Crippen molar-refractivity contribution in [2.24, 2.45) is 5.73 Å². The zero-order valence-corrected chi connectivity index (χ0v) is 14.1. The van der Waals surface area contributed by atoms with Gasteiger partial charge in [0.2, 0.25) is 0 Å². The van der Waals surface area contributed by atoms with Crippen LogP contribution in [-0.4, -0.2) is 33.5 Å². The number of rotatable bonds is 7. The number of carbonyl (C=O) groups is 1. The SMILES string of the molecule is NC(=O)c1nn(CC(O)COCc2cccs2)c(=O)c2ccccc12. The van der Waals surface area contributed by atoms with E-state index in [4.69, 9.17) is 10.5 Å². The first-order valence-corrected chi connectivity index (χ1v) is 8.52. The molecular weight excluding hydrogens is 342 g/mol. The summed E-state index contributed by atoms with van der Waals surface area (Å²) in [5.41, 5.74) is 4.97. The topological polar surface area (TPSA) is 107 Å². The molecule has 3 rings (SSSR count). The third-order valence-corrected chi connectivity index (χ3v) is 4.47. The Morgan fingerprint density at radius 3 is 2.72 bits per heavy atom. The largest absolute Gasteiger partial charge is 0.389 e. The number of carbonyl (C=O) groups excluding carboxylic acids is 1. The number of hydrogen-bond acceptors (Lipinski definition) is 6. The van der Waals surface area contributed by atoms with Gasteiger partial charge in [0.25, 0.3) is 11.5 Å². The molecule has 0 saturated heterocycles. The standard InChI is InChI=1S/C17H17N3O4S/c18-16(22)15-13-5-1-2-6-14(13)17(23)20(19-15)8-11(21)9-24-10-12-4-3-7-25-12/h1-7,11,21H,8-10H2,(H2,18,22). The van der Waals surface area contributed by atoms with Crippen LogP contribution in [-0.2, 0) is 17.9 Å². The molecule has 2 heterocycles. The normalized spacial score (nSPS) is 12.4. The third-order valence-electron chi connectivity index (χ3n) is 3.62. The van der Waals surface area contributed by atoms with Gasteiger partial charge in [0.15, 0.2) is 5.69 Å². The summed E-state index contributed by atoms with van der Waals surface area (Å²) in [7, 11) is 0. The van der Waals surface area contributed by atoms with Crippen molar-refractivity contribution in [3.05, 3.63) is 62.7 Å². The molecule has 0 saturated carbocycles. The minimum Gasteiger partial charge on any atom is -0.389 e. The Balaban J connectivity index is 1.77. The molecule has 0 spiro atoms. The summed E-state index contributed by atoms with van der Waals surface area (Å²) in [6.45, 7) is 0.348. The molecule has 1 amide bonds. The van der Waals surface area contributed by atoms with E-state index in [9.17, 15) is 14.7 Å². The Labute approximate surface area is 147 Å². The molecule has 0 aliphatic carbocycles. The number of hydrogen-bond donors (Lipinski definition) is 2. The summed E-state index contributed by atoms with van der Waals surface area (Å²) < 4.78 is 6.50. The zero-order chi connectivity index (χ0) is 17.8. The molecule has 0 aliphatic rings. The number of aliphatic hydroxyl groups excluding tert-OH is 1. The first-order chi connectivity index (χ1) is 12.1. The lowest BCUT2D eigenvalue weighted by molar-refractivity contribution is 0.0189. The molecule has 3 N–H and O–H groups in total. The Morgan fingerprint density at radius 2 is 2.04 bits per heavy atom.